The zero-order valence-electron chi connectivity index (χ0n) is 14.6. The van der Waals surface area contributed by atoms with Crippen LogP contribution in [0.25, 0.3) is 0 Å². The largest absolute Gasteiger partial charge is 0.293 e. The molecule has 0 N–H and O–H groups in total. The number of halogens is 1. The van der Waals surface area contributed by atoms with E-state index in [-0.39, 0.29) is 18.1 Å². The van der Waals surface area contributed by atoms with E-state index in [0.717, 1.165) is 5.56 Å². The topological polar surface area (TPSA) is 57.7 Å². The van der Waals surface area contributed by atoms with Crippen molar-refractivity contribution in [1.29, 1.82) is 0 Å². The molecule has 7 heteroatoms. The molecule has 26 heavy (non-hydrogen) atoms. The van der Waals surface area contributed by atoms with Gasteiger partial charge in [0.15, 0.2) is 5.78 Å². The number of benzene rings is 2. The maximum atomic E-state index is 12.9. The molecular weight excluding hydrogens is 355 g/mol. The number of sulfonamides is 1. The Labute approximate surface area is 153 Å². The van der Waals surface area contributed by atoms with Crippen LogP contribution < -0.4 is 0 Å². The van der Waals surface area contributed by atoms with Gasteiger partial charge in [0.25, 0.3) is 0 Å². The van der Waals surface area contributed by atoms with E-state index in [1.54, 1.807) is 18.2 Å². The van der Waals surface area contributed by atoms with Crippen LogP contribution in [-0.2, 0) is 10.0 Å². The van der Waals surface area contributed by atoms with Crippen LogP contribution in [0.15, 0.2) is 53.4 Å². The third-order valence-corrected chi connectivity index (χ3v) is 6.39. The van der Waals surface area contributed by atoms with Crippen molar-refractivity contribution in [2.24, 2.45) is 0 Å². The molecule has 2 aromatic rings. The molecule has 0 aromatic heterocycles. The number of Topliss-reactive ketones (excluding diaryl/α,β-unsaturated/α-hetero) is 1. The van der Waals surface area contributed by atoms with Gasteiger partial charge in [-0.05, 0) is 48.9 Å². The quantitative estimate of drug-likeness (QED) is 0.752. The van der Waals surface area contributed by atoms with Crippen molar-refractivity contribution in [2.45, 2.75) is 11.8 Å². The molecule has 5 nitrogen and oxygen atoms in total. The highest BCUT2D eigenvalue weighted by molar-refractivity contribution is 7.89. The summed E-state index contributed by atoms with van der Waals surface area (Å²) < 4.78 is 39.9. The van der Waals surface area contributed by atoms with E-state index in [4.69, 9.17) is 0 Å². The maximum Gasteiger partial charge on any atom is 0.243 e. The van der Waals surface area contributed by atoms with Gasteiger partial charge in [0.2, 0.25) is 10.0 Å². The summed E-state index contributed by atoms with van der Waals surface area (Å²) in [6.07, 6.45) is 0. The van der Waals surface area contributed by atoms with Crippen LogP contribution >= 0.6 is 0 Å². The molecule has 0 unspecified atom stereocenters. The summed E-state index contributed by atoms with van der Waals surface area (Å²) in [5.74, 6) is -0.475. The molecule has 1 saturated heterocycles. The fraction of sp³-hybridized carbons (Fsp3) is 0.316. The molecule has 0 radical (unpaired) electrons. The summed E-state index contributed by atoms with van der Waals surface area (Å²) >= 11 is 0. The Balaban J connectivity index is 1.60. The number of hydrogen-bond donors (Lipinski definition) is 0. The van der Waals surface area contributed by atoms with E-state index in [1.807, 2.05) is 17.9 Å². The minimum absolute atomic E-state index is 0.0972. The Kier molecular flexibility index (Phi) is 5.50. The van der Waals surface area contributed by atoms with Crippen LogP contribution in [0, 0.1) is 12.7 Å². The molecule has 0 bridgehead atoms. The van der Waals surface area contributed by atoms with Gasteiger partial charge < -0.3 is 0 Å². The minimum atomic E-state index is -3.51. The average Bonchev–Trinajstić information content (AvgIpc) is 2.62. The molecule has 1 fully saturated rings. The standard InChI is InChI=1S/C19H21FN2O3S/c1-15-3-2-4-18(13-15)26(24,25)22-11-9-21(10-12-22)14-19(23)16-5-7-17(20)8-6-16/h2-8,13H,9-12,14H2,1H3. The van der Waals surface area contributed by atoms with E-state index in [1.165, 1.54) is 28.6 Å². The monoisotopic (exact) mass is 376 g/mol. The van der Waals surface area contributed by atoms with Gasteiger partial charge in [0.05, 0.1) is 11.4 Å². The first-order valence-electron chi connectivity index (χ1n) is 8.44. The number of piperazine rings is 1. The van der Waals surface area contributed by atoms with Crippen LogP contribution in [0.4, 0.5) is 4.39 Å². The van der Waals surface area contributed by atoms with Gasteiger partial charge in [-0.2, -0.15) is 4.31 Å². The number of carbonyl (C=O) groups is 1. The zero-order valence-corrected chi connectivity index (χ0v) is 15.4. The number of ketones is 1. The van der Waals surface area contributed by atoms with Gasteiger partial charge in [-0.1, -0.05) is 12.1 Å². The smallest absolute Gasteiger partial charge is 0.243 e. The molecule has 3 rings (SSSR count). The Bertz CT molecular complexity index is 889. The lowest BCUT2D eigenvalue weighted by Gasteiger charge is -2.33. The van der Waals surface area contributed by atoms with Gasteiger partial charge in [0.1, 0.15) is 5.82 Å². The van der Waals surface area contributed by atoms with E-state index < -0.39 is 10.0 Å². The first-order chi connectivity index (χ1) is 12.4. The van der Waals surface area contributed by atoms with Crippen LogP contribution in [-0.4, -0.2) is 56.1 Å². The summed E-state index contributed by atoms with van der Waals surface area (Å²) in [5, 5.41) is 0. The molecule has 1 aliphatic rings. The number of aryl methyl sites for hydroxylation is 1. The Morgan fingerprint density at radius 1 is 1.04 bits per heavy atom. The highest BCUT2D eigenvalue weighted by Gasteiger charge is 2.29. The summed E-state index contributed by atoms with van der Waals surface area (Å²) in [6, 6.07) is 12.3. The van der Waals surface area contributed by atoms with Crippen molar-refractivity contribution < 1.29 is 17.6 Å². The SMILES string of the molecule is Cc1cccc(S(=O)(=O)N2CCN(CC(=O)c3ccc(F)cc3)CC2)c1. The molecule has 2 aromatic carbocycles. The Hall–Kier alpha value is -2.09. The third kappa shape index (κ3) is 4.17. The lowest BCUT2D eigenvalue weighted by Crippen LogP contribution is -2.49. The molecule has 0 amide bonds. The van der Waals surface area contributed by atoms with Gasteiger partial charge >= 0.3 is 0 Å². The van der Waals surface area contributed by atoms with Crippen molar-refractivity contribution in [3.8, 4) is 0 Å². The first kappa shape index (κ1) is 18.7. The fourth-order valence-corrected chi connectivity index (χ4v) is 4.51. The highest BCUT2D eigenvalue weighted by atomic mass is 32.2. The summed E-state index contributed by atoms with van der Waals surface area (Å²) in [5.41, 5.74) is 1.36. The molecule has 0 aliphatic carbocycles. The molecule has 0 atom stereocenters. The van der Waals surface area contributed by atoms with Crippen LogP contribution in [0.5, 0.6) is 0 Å². The Morgan fingerprint density at radius 2 is 1.69 bits per heavy atom. The van der Waals surface area contributed by atoms with Crippen LogP contribution in [0.1, 0.15) is 15.9 Å². The molecule has 1 heterocycles. The van der Waals surface area contributed by atoms with Crippen LogP contribution in [0.2, 0.25) is 0 Å². The van der Waals surface area contributed by atoms with E-state index >= 15 is 0 Å². The molecule has 138 valence electrons. The van der Waals surface area contributed by atoms with Crippen molar-refractivity contribution in [3.05, 3.63) is 65.5 Å². The van der Waals surface area contributed by atoms with E-state index in [0.29, 0.717) is 36.6 Å². The van der Waals surface area contributed by atoms with Gasteiger partial charge in [0, 0.05) is 31.7 Å². The summed E-state index contributed by atoms with van der Waals surface area (Å²) in [6.45, 7) is 3.71. The molecule has 0 saturated carbocycles. The van der Waals surface area contributed by atoms with Crippen molar-refractivity contribution in [2.75, 3.05) is 32.7 Å². The lowest BCUT2D eigenvalue weighted by atomic mass is 10.1. The second kappa shape index (κ2) is 7.65. The summed E-state index contributed by atoms with van der Waals surface area (Å²) in [4.78, 5) is 14.5. The zero-order chi connectivity index (χ0) is 18.7. The van der Waals surface area contributed by atoms with Crippen molar-refractivity contribution in [1.82, 2.24) is 9.21 Å². The average molecular weight is 376 g/mol. The van der Waals surface area contributed by atoms with Crippen molar-refractivity contribution in [3.63, 3.8) is 0 Å². The number of hydrogen-bond acceptors (Lipinski definition) is 4. The van der Waals surface area contributed by atoms with Gasteiger partial charge in [-0.3, -0.25) is 9.69 Å². The minimum Gasteiger partial charge on any atom is -0.293 e. The second-order valence-electron chi connectivity index (χ2n) is 6.43. The van der Waals surface area contributed by atoms with Gasteiger partial charge in [-0.25, -0.2) is 12.8 Å². The first-order valence-corrected chi connectivity index (χ1v) is 9.88. The van der Waals surface area contributed by atoms with E-state index in [2.05, 4.69) is 0 Å². The highest BCUT2D eigenvalue weighted by Crippen LogP contribution is 2.19. The third-order valence-electron chi connectivity index (χ3n) is 4.49. The number of rotatable bonds is 5. The molecule has 1 aliphatic heterocycles. The van der Waals surface area contributed by atoms with E-state index in [9.17, 15) is 17.6 Å². The molecular formula is C19H21FN2O3S. The summed E-state index contributed by atoms with van der Waals surface area (Å²) in [7, 11) is -3.51. The predicted molar refractivity (Wildman–Crippen MR) is 97.1 cm³/mol. The van der Waals surface area contributed by atoms with Crippen LogP contribution in [0.3, 0.4) is 0 Å². The normalized spacial score (nSPS) is 16.5. The second-order valence-corrected chi connectivity index (χ2v) is 8.36. The predicted octanol–water partition coefficient (Wildman–Crippen LogP) is 2.32. The molecule has 0 spiro atoms. The Morgan fingerprint density at radius 3 is 2.31 bits per heavy atom. The van der Waals surface area contributed by atoms with Crippen molar-refractivity contribution >= 4 is 15.8 Å². The lowest BCUT2D eigenvalue weighted by molar-refractivity contribution is 0.0901. The maximum absolute atomic E-state index is 12.9. The number of carbonyl (C=O) groups excluding carboxylic acids is 1. The van der Waals surface area contributed by atoms with Gasteiger partial charge in [-0.15, -0.1) is 0 Å². The number of nitrogens with zero attached hydrogens (tertiary/aromatic N) is 2. The fourth-order valence-electron chi connectivity index (χ4n) is 2.98.